The van der Waals surface area contributed by atoms with Crippen LogP contribution in [0.15, 0.2) is 35.5 Å². The van der Waals surface area contributed by atoms with Crippen molar-refractivity contribution in [3.05, 3.63) is 36.2 Å². The first-order chi connectivity index (χ1) is 10.5. The topological polar surface area (TPSA) is 62.3 Å². The van der Waals surface area contributed by atoms with E-state index in [2.05, 4.69) is 10.3 Å². The first-order valence-electron chi connectivity index (χ1n) is 7.57. The standard InChI is InChI=1S/C16H21N3O2S/c1-12-10-17-7-3-9-19(12)22(20,21)16-5-4-14-11-18-8-6-15(14)13(16)2/h4-6,8,11-12,17H,3,7,9-10H2,1-2H3/t12-/m0/s1. The molecule has 1 aromatic heterocycles. The highest BCUT2D eigenvalue weighted by molar-refractivity contribution is 7.89. The lowest BCUT2D eigenvalue weighted by Crippen LogP contribution is -2.41. The first kappa shape index (κ1) is 15.4. The van der Waals surface area contributed by atoms with Gasteiger partial charge in [0.05, 0.1) is 4.90 Å². The van der Waals surface area contributed by atoms with Gasteiger partial charge in [-0.05, 0) is 49.9 Å². The molecule has 2 heterocycles. The molecule has 118 valence electrons. The number of hydrogen-bond donors (Lipinski definition) is 1. The molecule has 22 heavy (non-hydrogen) atoms. The van der Waals surface area contributed by atoms with Gasteiger partial charge >= 0.3 is 0 Å². The fraction of sp³-hybridized carbons (Fsp3) is 0.438. The van der Waals surface area contributed by atoms with Gasteiger partial charge in [0, 0.05) is 36.9 Å². The Morgan fingerprint density at radius 3 is 2.95 bits per heavy atom. The Hall–Kier alpha value is -1.50. The van der Waals surface area contributed by atoms with E-state index in [1.165, 1.54) is 0 Å². The summed E-state index contributed by atoms with van der Waals surface area (Å²) in [7, 11) is -3.48. The van der Waals surface area contributed by atoms with Gasteiger partial charge in [-0.25, -0.2) is 8.42 Å². The Balaban J connectivity index is 2.10. The van der Waals surface area contributed by atoms with Gasteiger partial charge in [-0.2, -0.15) is 4.31 Å². The highest BCUT2D eigenvalue weighted by Gasteiger charge is 2.31. The molecule has 3 rings (SSSR count). The van der Waals surface area contributed by atoms with Crippen LogP contribution in [0.5, 0.6) is 0 Å². The molecule has 1 atom stereocenters. The van der Waals surface area contributed by atoms with Gasteiger partial charge in [0.2, 0.25) is 10.0 Å². The number of rotatable bonds is 2. The van der Waals surface area contributed by atoms with Crippen molar-refractivity contribution in [2.45, 2.75) is 31.2 Å². The molecule has 0 bridgehead atoms. The van der Waals surface area contributed by atoms with Crippen molar-refractivity contribution in [1.82, 2.24) is 14.6 Å². The van der Waals surface area contributed by atoms with E-state index in [0.29, 0.717) is 18.0 Å². The summed E-state index contributed by atoms with van der Waals surface area (Å²) in [5.41, 5.74) is 0.796. The molecule has 5 nitrogen and oxygen atoms in total. The van der Waals surface area contributed by atoms with Crippen molar-refractivity contribution in [2.24, 2.45) is 0 Å². The molecule has 0 unspecified atom stereocenters. The van der Waals surface area contributed by atoms with Gasteiger partial charge in [0.25, 0.3) is 0 Å². The molecule has 1 N–H and O–H groups in total. The van der Waals surface area contributed by atoms with Crippen molar-refractivity contribution in [3.8, 4) is 0 Å². The van der Waals surface area contributed by atoms with Gasteiger partial charge < -0.3 is 5.32 Å². The van der Waals surface area contributed by atoms with Crippen LogP contribution in [0.4, 0.5) is 0 Å². The number of pyridine rings is 1. The Bertz CT molecular complexity index is 789. The predicted octanol–water partition coefficient (Wildman–Crippen LogP) is 1.92. The smallest absolute Gasteiger partial charge is 0.243 e. The monoisotopic (exact) mass is 319 g/mol. The van der Waals surface area contributed by atoms with Crippen LogP contribution in [0.3, 0.4) is 0 Å². The van der Waals surface area contributed by atoms with E-state index in [4.69, 9.17) is 0 Å². The zero-order chi connectivity index (χ0) is 15.7. The molecule has 0 spiro atoms. The number of benzene rings is 1. The Kier molecular flexibility index (Phi) is 4.16. The Morgan fingerprint density at radius 2 is 2.14 bits per heavy atom. The highest BCUT2D eigenvalue weighted by Crippen LogP contribution is 2.28. The average Bonchev–Trinajstić information content (AvgIpc) is 2.72. The van der Waals surface area contributed by atoms with Crippen LogP contribution < -0.4 is 5.32 Å². The maximum Gasteiger partial charge on any atom is 0.243 e. The highest BCUT2D eigenvalue weighted by atomic mass is 32.2. The van der Waals surface area contributed by atoms with Crippen molar-refractivity contribution in [2.75, 3.05) is 19.6 Å². The van der Waals surface area contributed by atoms with E-state index in [1.54, 1.807) is 22.8 Å². The minimum absolute atomic E-state index is 0.0416. The van der Waals surface area contributed by atoms with Crippen LogP contribution in [0, 0.1) is 6.92 Å². The van der Waals surface area contributed by atoms with E-state index < -0.39 is 10.0 Å². The average molecular weight is 319 g/mol. The maximum absolute atomic E-state index is 13.1. The molecule has 1 aromatic carbocycles. The SMILES string of the molecule is Cc1c(S(=O)(=O)N2CCCNC[C@@H]2C)ccc2cnccc12. The van der Waals surface area contributed by atoms with Gasteiger partial charge in [0.1, 0.15) is 0 Å². The van der Waals surface area contributed by atoms with Gasteiger partial charge in [-0.15, -0.1) is 0 Å². The second-order valence-corrected chi connectivity index (χ2v) is 7.67. The second kappa shape index (κ2) is 5.95. The van der Waals surface area contributed by atoms with Crippen molar-refractivity contribution in [1.29, 1.82) is 0 Å². The molecule has 1 saturated heterocycles. The molecule has 0 radical (unpaired) electrons. The largest absolute Gasteiger partial charge is 0.315 e. The quantitative estimate of drug-likeness (QED) is 0.918. The molecule has 1 fully saturated rings. The van der Waals surface area contributed by atoms with Crippen LogP contribution in [-0.4, -0.2) is 43.4 Å². The lowest BCUT2D eigenvalue weighted by molar-refractivity contribution is 0.353. The minimum Gasteiger partial charge on any atom is -0.315 e. The van der Waals surface area contributed by atoms with Gasteiger partial charge in [-0.1, -0.05) is 6.07 Å². The Morgan fingerprint density at radius 1 is 1.32 bits per heavy atom. The summed E-state index contributed by atoms with van der Waals surface area (Å²) in [4.78, 5) is 4.49. The molecule has 0 saturated carbocycles. The first-order valence-corrected chi connectivity index (χ1v) is 9.01. The van der Waals surface area contributed by atoms with Crippen molar-refractivity contribution in [3.63, 3.8) is 0 Å². The summed E-state index contributed by atoms with van der Waals surface area (Å²) in [5, 5.41) is 5.18. The molecule has 2 aromatic rings. The molecule has 0 aliphatic carbocycles. The summed E-state index contributed by atoms with van der Waals surface area (Å²) in [6, 6.07) is 5.37. The molecular formula is C16H21N3O2S. The molecule has 6 heteroatoms. The summed E-state index contributed by atoms with van der Waals surface area (Å²) in [6.07, 6.45) is 4.29. The van der Waals surface area contributed by atoms with Crippen LogP contribution in [-0.2, 0) is 10.0 Å². The third kappa shape index (κ3) is 2.62. The van der Waals surface area contributed by atoms with E-state index in [1.807, 2.05) is 26.0 Å². The number of hydrogen-bond acceptors (Lipinski definition) is 4. The van der Waals surface area contributed by atoms with Crippen LogP contribution in [0.1, 0.15) is 18.9 Å². The number of nitrogens with zero attached hydrogens (tertiary/aromatic N) is 2. The predicted molar refractivity (Wildman–Crippen MR) is 87.3 cm³/mol. The number of nitrogens with one attached hydrogen (secondary N) is 1. The van der Waals surface area contributed by atoms with Crippen LogP contribution in [0.25, 0.3) is 10.8 Å². The third-order valence-electron chi connectivity index (χ3n) is 4.29. The molecular weight excluding hydrogens is 298 g/mol. The Labute approximate surface area is 131 Å². The van der Waals surface area contributed by atoms with Crippen molar-refractivity contribution < 1.29 is 8.42 Å². The molecule has 1 aliphatic heterocycles. The lowest BCUT2D eigenvalue weighted by atomic mass is 10.1. The number of aryl methyl sites for hydroxylation is 1. The zero-order valence-electron chi connectivity index (χ0n) is 12.9. The van der Waals surface area contributed by atoms with Crippen LogP contribution >= 0.6 is 0 Å². The van der Waals surface area contributed by atoms with Crippen molar-refractivity contribution >= 4 is 20.8 Å². The number of fused-ring (bicyclic) bond motifs is 1. The van der Waals surface area contributed by atoms with E-state index in [0.717, 1.165) is 29.3 Å². The fourth-order valence-electron chi connectivity index (χ4n) is 3.06. The zero-order valence-corrected chi connectivity index (χ0v) is 13.7. The summed E-state index contributed by atoms with van der Waals surface area (Å²) in [6.45, 7) is 5.94. The summed E-state index contributed by atoms with van der Waals surface area (Å²) in [5.74, 6) is 0. The van der Waals surface area contributed by atoms with E-state index in [-0.39, 0.29) is 6.04 Å². The normalized spacial score (nSPS) is 20.9. The summed E-state index contributed by atoms with van der Waals surface area (Å²) >= 11 is 0. The number of sulfonamides is 1. The second-order valence-electron chi connectivity index (χ2n) is 5.81. The minimum atomic E-state index is -3.48. The van der Waals surface area contributed by atoms with E-state index in [9.17, 15) is 8.42 Å². The summed E-state index contributed by atoms with van der Waals surface area (Å²) < 4.78 is 27.8. The lowest BCUT2D eigenvalue weighted by Gasteiger charge is -2.27. The fourth-order valence-corrected chi connectivity index (χ4v) is 4.97. The van der Waals surface area contributed by atoms with Crippen LogP contribution in [0.2, 0.25) is 0 Å². The molecule has 0 amide bonds. The molecule has 1 aliphatic rings. The van der Waals surface area contributed by atoms with Gasteiger partial charge in [-0.3, -0.25) is 4.98 Å². The third-order valence-corrected chi connectivity index (χ3v) is 6.45. The maximum atomic E-state index is 13.1. The number of aromatic nitrogens is 1. The van der Waals surface area contributed by atoms with E-state index >= 15 is 0 Å². The van der Waals surface area contributed by atoms with Gasteiger partial charge in [0.15, 0.2) is 0 Å².